The van der Waals surface area contributed by atoms with Gasteiger partial charge in [-0.25, -0.2) is 4.39 Å². The van der Waals surface area contributed by atoms with Gasteiger partial charge in [-0.15, -0.1) is 0 Å². The number of anilines is 1. The number of aliphatic hydroxyl groups excluding tert-OH is 1. The van der Waals surface area contributed by atoms with E-state index in [9.17, 15) is 19.1 Å². The summed E-state index contributed by atoms with van der Waals surface area (Å²) in [4.78, 5) is 27.8. The Kier molecular flexibility index (Phi) is 7.54. The standard InChI is InChI=1S/C26H19Cl3FNO6/c1-35-19-7-4-12(10-20(19)36-2)22-21(23(32)13-8-16(28)25(37-3)17(29)9-13)24(33)26(34)31(22)14-5-6-18(30)15(27)11-14/h4-11,22,32H,1-3H3/b23-21+. The van der Waals surface area contributed by atoms with Crippen molar-refractivity contribution in [2.45, 2.75) is 6.04 Å². The molecule has 1 atom stereocenters. The molecule has 192 valence electrons. The predicted molar refractivity (Wildman–Crippen MR) is 139 cm³/mol. The quantitative estimate of drug-likeness (QED) is 0.210. The maximum absolute atomic E-state index is 13.9. The van der Waals surface area contributed by atoms with E-state index in [0.717, 1.165) is 11.0 Å². The van der Waals surface area contributed by atoms with Gasteiger partial charge in [0.1, 0.15) is 11.6 Å². The molecule has 4 rings (SSSR count). The van der Waals surface area contributed by atoms with Crippen LogP contribution in [0.25, 0.3) is 5.76 Å². The third-order valence-electron chi connectivity index (χ3n) is 5.82. The first-order valence-corrected chi connectivity index (χ1v) is 11.8. The molecule has 11 heteroatoms. The van der Waals surface area contributed by atoms with Crippen LogP contribution in [0.2, 0.25) is 15.1 Å². The fourth-order valence-electron chi connectivity index (χ4n) is 4.12. The van der Waals surface area contributed by atoms with Gasteiger partial charge in [0.15, 0.2) is 17.2 Å². The summed E-state index contributed by atoms with van der Waals surface area (Å²) in [6.07, 6.45) is 0. The number of amides is 1. The third-order valence-corrected chi connectivity index (χ3v) is 6.68. The lowest BCUT2D eigenvalue weighted by atomic mass is 9.94. The van der Waals surface area contributed by atoms with E-state index in [2.05, 4.69) is 0 Å². The van der Waals surface area contributed by atoms with E-state index in [4.69, 9.17) is 49.0 Å². The highest BCUT2D eigenvalue weighted by Gasteiger charge is 2.47. The van der Waals surface area contributed by atoms with E-state index in [-0.39, 0.29) is 37.6 Å². The van der Waals surface area contributed by atoms with Crippen molar-refractivity contribution in [2.24, 2.45) is 0 Å². The molecular formula is C26H19Cl3FNO6. The number of halogens is 4. The van der Waals surface area contributed by atoms with Gasteiger partial charge in [0, 0.05) is 11.3 Å². The van der Waals surface area contributed by atoms with Gasteiger partial charge in [-0.3, -0.25) is 14.5 Å². The molecule has 1 unspecified atom stereocenters. The number of benzene rings is 3. The number of aliphatic hydroxyl groups is 1. The molecule has 1 aliphatic heterocycles. The average molecular weight is 567 g/mol. The van der Waals surface area contributed by atoms with Crippen molar-refractivity contribution in [2.75, 3.05) is 26.2 Å². The molecule has 0 aliphatic carbocycles. The lowest BCUT2D eigenvalue weighted by molar-refractivity contribution is -0.132. The summed E-state index contributed by atoms with van der Waals surface area (Å²) in [5, 5.41) is 11.2. The molecule has 1 saturated heterocycles. The molecule has 0 radical (unpaired) electrons. The van der Waals surface area contributed by atoms with Crippen LogP contribution in [0.15, 0.2) is 54.1 Å². The second-order valence-electron chi connectivity index (χ2n) is 7.86. The molecule has 1 N–H and O–H groups in total. The summed E-state index contributed by atoms with van der Waals surface area (Å²) in [7, 11) is 4.27. The molecule has 1 aliphatic rings. The zero-order chi connectivity index (χ0) is 27.0. The Hall–Kier alpha value is -3.46. The van der Waals surface area contributed by atoms with E-state index >= 15 is 0 Å². The second kappa shape index (κ2) is 10.5. The van der Waals surface area contributed by atoms with Crippen LogP contribution in [0.5, 0.6) is 17.2 Å². The molecule has 1 heterocycles. The zero-order valence-corrected chi connectivity index (χ0v) is 21.9. The van der Waals surface area contributed by atoms with Crippen molar-refractivity contribution in [3.05, 3.63) is 86.1 Å². The topological polar surface area (TPSA) is 85.3 Å². The first-order chi connectivity index (χ1) is 17.6. The molecule has 3 aromatic carbocycles. The van der Waals surface area contributed by atoms with Crippen molar-refractivity contribution in [3.63, 3.8) is 0 Å². The van der Waals surface area contributed by atoms with E-state index in [0.29, 0.717) is 17.1 Å². The number of hydrogen-bond donors (Lipinski definition) is 1. The number of Topliss-reactive ketones (excluding diaryl/α,β-unsaturated/α-hetero) is 1. The summed E-state index contributed by atoms with van der Waals surface area (Å²) in [6.45, 7) is 0. The maximum Gasteiger partial charge on any atom is 0.300 e. The first-order valence-electron chi connectivity index (χ1n) is 10.6. The van der Waals surface area contributed by atoms with Crippen LogP contribution in [0.4, 0.5) is 10.1 Å². The van der Waals surface area contributed by atoms with Gasteiger partial charge in [0.25, 0.3) is 11.7 Å². The van der Waals surface area contributed by atoms with Crippen LogP contribution in [0, 0.1) is 5.82 Å². The van der Waals surface area contributed by atoms with E-state index in [1.54, 1.807) is 18.2 Å². The Morgan fingerprint density at radius 2 is 1.51 bits per heavy atom. The van der Waals surface area contributed by atoms with Crippen LogP contribution in [0.3, 0.4) is 0 Å². The molecule has 1 amide bonds. The van der Waals surface area contributed by atoms with E-state index < -0.39 is 29.3 Å². The fourth-order valence-corrected chi connectivity index (χ4v) is 4.94. The van der Waals surface area contributed by atoms with E-state index in [1.807, 2.05) is 0 Å². The molecule has 0 aromatic heterocycles. The summed E-state index contributed by atoms with van der Waals surface area (Å²) in [5.74, 6) is -2.28. The molecule has 0 spiro atoms. The van der Waals surface area contributed by atoms with Crippen LogP contribution in [-0.4, -0.2) is 38.1 Å². The van der Waals surface area contributed by atoms with Crippen molar-refractivity contribution >= 4 is 57.9 Å². The van der Waals surface area contributed by atoms with Gasteiger partial charge in [0.05, 0.1) is 48.0 Å². The Morgan fingerprint density at radius 1 is 0.865 bits per heavy atom. The highest BCUT2D eigenvalue weighted by atomic mass is 35.5. The number of hydrogen-bond acceptors (Lipinski definition) is 6. The Balaban J connectivity index is 2.00. The minimum absolute atomic E-state index is 0.0800. The van der Waals surface area contributed by atoms with E-state index in [1.165, 1.54) is 45.6 Å². The van der Waals surface area contributed by atoms with Gasteiger partial charge in [-0.1, -0.05) is 40.9 Å². The van der Waals surface area contributed by atoms with Crippen molar-refractivity contribution in [1.82, 2.24) is 0 Å². The van der Waals surface area contributed by atoms with Gasteiger partial charge >= 0.3 is 0 Å². The second-order valence-corrected chi connectivity index (χ2v) is 9.08. The number of rotatable bonds is 6. The lowest BCUT2D eigenvalue weighted by Gasteiger charge is -2.26. The van der Waals surface area contributed by atoms with Gasteiger partial charge in [0.2, 0.25) is 0 Å². The minimum Gasteiger partial charge on any atom is -0.507 e. The Morgan fingerprint density at radius 3 is 2.08 bits per heavy atom. The number of carbonyl (C=O) groups is 2. The number of nitrogens with zero attached hydrogens (tertiary/aromatic N) is 1. The van der Waals surface area contributed by atoms with Crippen molar-refractivity contribution < 1.29 is 33.3 Å². The van der Waals surface area contributed by atoms with Gasteiger partial charge in [-0.05, 0) is 48.0 Å². The molecular weight excluding hydrogens is 548 g/mol. The first kappa shape index (κ1) is 26.6. The molecule has 0 saturated carbocycles. The number of methoxy groups -OCH3 is 3. The monoisotopic (exact) mass is 565 g/mol. The largest absolute Gasteiger partial charge is 0.507 e. The maximum atomic E-state index is 13.9. The Bertz CT molecular complexity index is 1440. The third kappa shape index (κ3) is 4.68. The predicted octanol–water partition coefficient (Wildman–Crippen LogP) is 6.44. The lowest BCUT2D eigenvalue weighted by Crippen LogP contribution is -2.29. The highest BCUT2D eigenvalue weighted by molar-refractivity contribution is 6.52. The summed E-state index contributed by atoms with van der Waals surface area (Å²) >= 11 is 18.5. The molecule has 1 fully saturated rings. The fraction of sp³-hybridized carbons (Fsp3) is 0.154. The summed E-state index contributed by atoms with van der Waals surface area (Å²) in [6, 6.07) is 9.93. The van der Waals surface area contributed by atoms with Crippen LogP contribution < -0.4 is 19.1 Å². The van der Waals surface area contributed by atoms with Crippen LogP contribution in [0.1, 0.15) is 17.2 Å². The number of ketones is 1. The minimum atomic E-state index is -1.15. The summed E-state index contributed by atoms with van der Waals surface area (Å²) in [5.41, 5.74) is 0.356. The molecule has 3 aromatic rings. The smallest absolute Gasteiger partial charge is 0.300 e. The normalized spacial score (nSPS) is 16.7. The van der Waals surface area contributed by atoms with Crippen molar-refractivity contribution in [1.29, 1.82) is 0 Å². The SMILES string of the molecule is COc1ccc(C2/C(=C(\O)c3cc(Cl)c(OC)c(Cl)c3)C(=O)C(=O)N2c2ccc(F)c(Cl)c2)cc1OC. The number of ether oxygens (including phenoxy) is 3. The van der Waals surface area contributed by atoms with Crippen LogP contribution >= 0.6 is 34.8 Å². The molecule has 0 bridgehead atoms. The number of carbonyl (C=O) groups excluding carboxylic acids is 2. The van der Waals surface area contributed by atoms with Crippen molar-refractivity contribution in [3.8, 4) is 17.2 Å². The molecule has 37 heavy (non-hydrogen) atoms. The van der Waals surface area contributed by atoms with Gasteiger partial charge < -0.3 is 19.3 Å². The van der Waals surface area contributed by atoms with Crippen LogP contribution in [-0.2, 0) is 9.59 Å². The molecule has 7 nitrogen and oxygen atoms in total. The highest BCUT2D eigenvalue weighted by Crippen LogP contribution is 2.45. The average Bonchev–Trinajstić information content (AvgIpc) is 3.14. The Labute approximate surface area is 226 Å². The zero-order valence-electron chi connectivity index (χ0n) is 19.6. The van der Waals surface area contributed by atoms with Gasteiger partial charge in [-0.2, -0.15) is 0 Å². The summed E-state index contributed by atoms with van der Waals surface area (Å²) < 4.78 is 29.7.